The summed E-state index contributed by atoms with van der Waals surface area (Å²) in [6.45, 7) is 1.53. The molecule has 7 heteroatoms. The lowest BCUT2D eigenvalue weighted by Crippen LogP contribution is -2.26. The summed E-state index contributed by atoms with van der Waals surface area (Å²) in [5.74, 6) is 0.0268. The fourth-order valence-corrected chi connectivity index (χ4v) is 3.47. The van der Waals surface area contributed by atoms with E-state index in [-0.39, 0.29) is 12.5 Å². The molecule has 22 heavy (non-hydrogen) atoms. The molecule has 1 atom stereocenters. The quantitative estimate of drug-likeness (QED) is 0.852. The lowest BCUT2D eigenvalue weighted by molar-refractivity contribution is -0.137. The van der Waals surface area contributed by atoms with Crippen molar-refractivity contribution in [3.8, 4) is 0 Å². The van der Waals surface area contributed by atoms with Crippen LogP contribution >= 0.6 is 11.3 Å². The van der Waals surface area contributed by atoms with Crippen molar-refractivity contribution in [1.82, 2.24) is 14.9 Å². The summed E-state index contributed by atoms with van der Waals surface area (Å²) in [6.07, 6.45) is 4.04. The second-order valence-electron chi connectivity index (χ2n) is 5.26. The van der Waals surface area contributed by atoms with Crippen LogP contribution in [0.15, 0.2) is 29.8 Å². The van der Waals surface area contributed by atoms with E-state index in [1.54, 1.807) is 17.5 Å². The Balaban J connectivity index is 1.66. The first-order valence-electron chi connectivity index (χ1n) is 7.32. The van der Waals surface area contributed by atoms with Gasteiger partial charge < -0.3 is 10.4 Å². The smallest absolute Gasteiger partial charge is 0.304 e. The number of anilines is 2. The van der Waals surface area contributed by atoms with Gasteiger partial charge in [0.2, 0.25) is 0 Å². The van der Waals surface area contributed by atoms with Crippen molar-refractivity contribution in [2.75, 3.05) is 18.4 Å². The Bertz CT molecular complexity index is 631. The van der Waals surface area contributed by atoms with Gasteiger partial charge in [-0.3, -0.25) is 9.69 Å². The topological polar surface area (TPSA) is 78.4 Å². The van der Waals surface area contributed by atoms with Gasteiger partial charge in [0.05, 0.1) is 18.2 Å². The van der Waals surface area contributed by atoms with Gasteiger partial charge in [0.25, 0.3) is 0 Å². The monoisotopic (exact) mass is 318 g/mol. The lowest BCUT2D eigenvalue weighted by Gasteiger charge is -2.21. The fourth-order valence-electron chi connectivity index (χ4n) is 2.71. The number of carbonyl (C=O) groups is 1. The molecule has 6 nitrogen and oxygen atoms in total. The zero-order chi connectivity index (χ0) is 15.4. The minimum atomic E-state index is -0.749. The molecular formula is C15H18N4O2S. The molecule has 0 bridgehead atoms. The highest BCUT2D eigenvalue weighted by Gasteiger charge is 2.28. The van der Waals surface area contributed by atoms with E-state index in [0.717, 1.165) is 36.0 Å². The van der Waals surface area contributed by atoms with Crippen molar-refractivity contribution in [2.24, 2.45) is 0 Å². The SMILES string of the molecule is O=C(O)CCN1CCCC1c1csc(Nc2ccccn2)n1. The summed E-state index contributed by atoms with van der Waals surface area (Å²) in [4.78, 5) is 21.8. The zero-order valence-corrected chi connectivity index (χ0v) is 12.9. The maximum Gasteiger partial charge on any atom is 0.304 e. The Morgan fingerprint density at radius 1 is 1.50 bits per heavy atom. The molecule has 0 saturated carbocycles. The number of pyridine rings is 1. The van der Waals surface area contributed by atoms with Crippen LogP contribution in [0.5, 0.6) is 0 Å². The number of carboxylic acids is 1. The van der Waals surface area contributed by atoms with E-state index in [1.165, 1.54) is 0 Å². The summed E-state index contributed by atoms with van der Waals surface area (Å²) in [7, 11) is 0. The van der Waals surface area contributed by atoms with Crippen LogP contribution in [-0.4, -0.2) is 39.0 Å². The van der Waals surface area contributed by atoms with Crippen molar-refractivity contribution in [3.63, 3.8) is 0 Å². The third kappa shape index (κ3) is 3.61. The standard InChI is InChI=1S/C15H18N4O2S/c20-14(21)6-9-19-8-3-4-12(19)11-10-22-15(17-11)18-13-5-1-2-7-16-13/h1-2,5,7,10,12H,3-4,6,8-9H2,(H,20,21)(H,16,17,18). The van der Waals surface area contributed by atoms with Crippen LogP contribution in [0.3, 0.4) is 0 Å². The van der Waals surface area contributed by atoms with Crippen LogP contribution in [0, 0.1) is 0 Å². The average Bonchev–Trinajstić information content (AvgIpc) is 3.14. The predicted octanol–water partition coefficient (Wildman–Crippen LogP) is 2.89. The number of nitrogens with one attached hydrogen (secondary N) is 1. The molecule has 1 fully saturated rings. The van der Waals surface area contributed by atoms with Crippen molar-refractivity contribution < 1.29 is 9.90 Å². The zero-order valence-electron chi connectivity index (χ0n) is 12.1. The summed E-state index contributed by atoms with van der Waals surface area (Å²) in [6, 6.07) is 5.93. The van der Waals surface area contributed by atoms with Gasteiger partial charge in [0, 0.05) is 18.1 Å². The second kappa shape index (κ2) is 6.85. The number of aliphatic carboxylic acids is 1. The maximum absolute atomic E-state index is 10.7. The second-order valence-corrected chi connectivity index (χ2v) is 6.11. The molecule has 2 aromatic heterocycles. The number of likely N-dealkylation sites (tertiary alicyclic amines) is 1. The van der Waals surface area contributed by atoms with Gasteiger partial charge in [0.15, 0.2) is 5.13 Å². The first-order valence-corrected chi connectivity index (χ1v) is 8.19. The Morgan fingerprint density at radius 2 is 2.41 bits per heavy atom. The van der Waals surface area contributed by atoms with Crippen LogP contribution in [0.25, 0.3) is 0 Å². The number of nitrogens with zero attached hydrogens (tertiary/aromatic N) is 3. The molecule has 3 rings (SSSR count). The predicted molar refractivity (Wildman–Crippen MR) is 85.4 cm³/mol. The molecule has 3 heterocycles. The molecule has 0 aliphatic carbocycles. The molecule has 0 radical (unpaired) electrons. The molecule has 0 spiro atoms. The molecule has 0 amide bonds. The largest absolute Gasteiger partial charge is 0.481 e. The van der Waals surface area contributed by atoms with Crippen LogP contribution < -0.4 is 5.32 Å². The van der Waals surface area contributed by atoms with Crippen molar-refractivity contribution >= 4 is 28.3 Å². The Morgan fingerprint density at radius 3 is 3.18 bits per heavy atom. The highest BCUT2D eigenvalue weighted by atomic mass is 32.1. The van der Waals surface area contributed by atoms with E-state index in [9.17, 15) is 4.79 Å². The van der Waals surface area contributed by atoms with E-state index in [2.05, 4.69) is 25.6 Å². The Hall–Kier alpha value is -1.99. The van der Waals surface area contributed by atoms with Crippen LogP contribution in [0.1, 0.15) is 31.0 Å². The number of rotatable bonds is 6. The first kappa shape index (κ1) is 14.9. The number of hydrogen-bond acceptors (Lipinski definition) is 6. The van der Waals surface area contributed by atoms with Gasteiger partial charge in [-0.15, -0.1) is 11.3 Å². The number of aromatic nitrogens is 2. The Labute approximate surface area is 132 Å². The van der Waals surface area contributed by atoms with Gasteiger partial charge in [-0.05, 0) is 31.5 Å². The molecule has 1 aliphatic rings. The molecule has 1 aliphatic heterocycles. The average molecular weight is 318 g/mol. The molecule has 2 N–H and O–H groups in total. The summed E-state index contributed by atoms with van der Waals surface area (Å²) in [5, 5.41) is 14.9. The first-order chi connectivity index (χ1) is 10.7. The van der Waals surface area contributed by atoms with Gasteiger partial charge in [-0.25, -0.2) is 9.97 Å². The van der Waals surface area contributed by atoms with Gasteiger partial charge in [-0.1, -0.05) is 6.07 Å². The van der Waals surface area contributed by atoms with Crippen molar-refractivity contribution in [1.29, 1.82) is 0 Å². The maximum atomic E-state index is 10.7. The van der Waals surface area contributed by atoms with E-state index >= 15 is 0 Å². The van der Waals surface area contributed by atoms with E-state index < -0.39 is 5.97 Å². The minimum absolute atomic E-state index is 0.180. The number of hydrogen-bond donors (Lipinski definition) is 2. The molecule has 0 aromatic carbocycles. The van der Waals surface area contributed by atoms with Crippen molar-refractivity contribution in [2.45, 2.75) is 25.3 Å². The van der Waals surface area contributed by atoms with Crippen molar-refractivity contribution in [3.05, 3.63) is 35.5 Å². The molecule has 1 saturated heterocycles. The van der Waals surface area contributed by atoms with Gasteiger partial charge in [0.1, 0.15) is 5.82 Å². The van der Waals surface area contributed by atoms with Gasteiger partial charge in [-0.2, -0.15) is 0 Å². The summed E-state index contributed by atoms with van der Waals surface area (Å²) in [5.41, 5.74) is 1.02. The lowest BCUT2D eigenvalue weighted by atomic mass is 10.1. The van der Waals surface area contributed by atoms with Crippen LogP contribution in [0.2, 0.25) is 0 Å². The van der Waals surface area contributed by atoms with E-state index in [0.29, 0.717) is 6.54 Å². The highest BCUT2D eigenvalue weighted by Crippen LogP contribution is 2.34. The molecule has 1 unspecified atom stereocenters. The number of thiazole rings is 1. The third-order valence-electron chi connectivity index (χ3n) is 3.74. The van der Waals surface area contributed by atoms with Gasteiger partial charge >= 0.3 is 5.97 Å². The number of carboxylic acid groups (broad SMARTS) is 1. The normalized spacial score (nSPS) is 18.5. The molecule has 116 valence electrons. The molecule has 2 aromatic rings. The molecular weight excluding hydrogens is 300 g/mol. The van der Waals surface area contributed by atoms with Crippen LogP contribution in [0.4, 0.5) is 10.9 Å². The van der Waals surface area contributed by atoms with Crippen LogP contribution in [-0.2, 0) is 4.79 Å². The third-order valence-corrected chi connectivity index (χ3v) is 4.52. The highest BCUT2D eigenvalue weighted by molar-refractivity contribution is 7.13. The van der Waals surface area contributed by atoms with E-state index in [1.807, 2.05) is 18.2 Å². The minimum Gasteiger partial charge on any atom is -0.481 e. The fraction of sp³-hybridized carbons (Fsp3) is 0.400. The Kier molecular flexibility index (Phi) is 4.65. The van der Waals surface area contributed by atoms with E-state index in [4.69, 9.17) is 5.11 Å². The summed E-state index contributed by atoms with van der Waals surface area (Å²) >= 11 is 1.55. The summed E-state index contributed by atoms with van der Waals surface area (Å²) < 4.78 is 0.